The summed E-state index contributed by atoms with van der Waals surface area (Å²) in [6, 6.07) is 16.6. The lowest BCUT2D eigenvalue weighted by molar-refractivity contribution is 0.0936. The average molecular weight is 382 g/mol. The minimum Gasteiger partial charge on any atom is -0.381 e. The Morgan fingerprint density at radius 3 is 2.89 bits per heavy atom. The number of fused-ring (bicyclic) bond motifs is 1. The Balaban J connectivity index is 1.26. The van der Waals surface area contributed by atoms with Crippen molar-refractivity contribution in [1.82, 2.24) is 10.5 Å². The molecule has 2 heterocycles. The van der Waals surface area contributed by atoms with Crippen molar-refractivity contribution in [3.05, 3.63) is 65.5 Å². The van der Waals surface area contributed by atoms with Gasteiger partial charge in [0.05, 0.1) is 12.4 Å². The predicted molar refractivity (Wildman–Crippen MR) is 107 cm³/mol. The van der Waals surface area contributed by atoms with Gasteiger partial charge in [-0.3, -0.25) is 4.79 Å². The minimum atomic E-state index is -0.184. The third-order valence-electron chi connectivity index (χ3n) is 4.69. The maximum Gasteiger partial charge on any atom is 0.273 e. The van der Waals surface area contributed by atoms with Crippen LogP contribution < -0.4 is 5.32 Å². The first-order valence-corrected chi connectivity index (χ1v) is 10.3. The first-order chi connectivity index (χ1) is 13.3. The number of nitrogens with one attached hydrogen (secondary N) is 1. The van der Waals surface area contributed by atoms with E-state index in [0.717, 1.165) is 31.1 Å². The Hall–Kier alpha value is -2.31. The maximum absolute atomic E-state index is 12.2. The zero-order valence-corrected chi connectivity index (χ0v) is 15.8. The second kappa shape index (κ2) is 8.59. The van der Waals surface area contributed by atoms with E-state index in [-0.39, 0.29) is 5.91 Å². The summed E-state index contributed by atoms with van der Waals surface area (Å²) in [7, 11) is 0. The van der Waals surface area contributed by atoms with E-state index in [1.165, 1.54) is 16.3 Å². The maximum atomic E-state index is 12.2. The third kappa shape index (κ3) is 4.70. The first-order valence-electron chi connectivity index (χ1n) is 9.15. The van der Waals surface area contributed by atoms with Gasteiger partial charge in [-0.25, -0.2) is 0 Å². The lowest BCUT2D eigenvalue weighted by Crippen LogP contribution is -2.29. The molecule has 27 heavy (non-hydrogen) atoms. The van der Waals surface area contributed by atoms with Crippen LogP contribution in [0.1, 0.15) is 28.2 Å². The number of carbonyl (C=O) groups is 1. The van der Waals surface area contributed by atoms with E-state index < -0.39 is 0 Å². The van der Waals surface area contributed by atoms with Gasteiger partial charge >= 0.3 is 0 Å². The highest BCUT2D eigenvalue weighted by atomic mass is 32.2. The van der Waals surface area contributed by atoms with E-state index in [0.29, 0.717) is 23.9 Å². The van der Waals surface area contributed by atoms with Crippen LogP contribution in [-0.2, 0) is 16.2 Å². The van der Waals surface area contributed by atoms with Crippen LogP contribution in [0.2, 0.25) is 0 Å². The van der Waals surface area contributed by atoms with Gasteiger partial charge in [-0.15, -0.1) is 11.8 Å². The number of thioether (sulfide) groups is 1. The molecule has 0 saturated carbocycles. The zero-order valence-electron chi connectivity index (χ0n) is 15.0. The quantitative estimate of drug-likeness (QED) is 0.668. The Bertz CT molecular complexity index is 918. The summed E-state index contributed by atoms with van der Waals surface area (Å²) < 4.78 is 10.6. The zero-order chi connectivity index (χ0) is 18.5. The molecule has 3 aromatic rings. The highest BCUT2D eigenvalue weighted by Crippen LogP contribution is 2.22. The van der Waals surface area contributed by atoms with Crippen molar-refractivity contribution >= 4 is 28.4 Å². The standard InChI is InChI=1S/C21H22N2O3S/c24-21(22-11-16-7-8-25-12-16)20-10-19(26-23-20)14-27-13-15-5-6-17-3-1-2-4-18(17)9-15/h1-6,9-10,16H,7-8,11-14H2,(H,22,24). The molecule has 1 amide bonds. The van der Waals surface area contributed by atoms with E-state index >= 15 is 0 Å². The van der Waals surface area contributed by atoms with Crippen LogP contribution in [-0.4, -0.2) is 30.8 Å². The number of ether oxygens (including phenoxy) is 1. The average Bonchev–Trinajstić information content (AvgIpc) is 3.38. The monoisotopic (exact) mass is 382 g/mol. The van der Waals surface area contributed by atoms with Gasteiger partial charge in [0.2, 0.25) is 0 Å². The summed E-state index contributed by atoms with van der Waals surface area (Å²) in [4.78, 5) is 12.2. The number of carbonyl (C=O) groups excluding carboxylic acids is 1. The summed E-state index contributed by atoms with van der Waals surface area (Å²) in [5, 5.41) is 9.30. The van der Waals surface area contributed by atoms with E-state index in [1.54, 1.807) is 17.8 Å². The van der Waals surface area contributed by atoms with Gasteiger partial charge in [0.25, 0.3) is 5.91 Å². The largest absolute Gasteiger partial charge is 0.381 e. The van der Waals surface area contributed by atoms with Gasteiger partial charge in [-0.05, 0) is 22.8 Å². The number of benzene rings is 2. The van der Waals surface area contributed by atoms with E-state index in [4.69, 9.17) is 9.26 Å². The van der Waals surface area contributed by atoms with Crippen LogP contribution in [0.5, 0.6) is 0 Å². The van der Waals surface area contributed by atoms with Crippen molar-refractivity contribution in [2.45, 2.75) is 17.9 Å². The van der Waals surface area contributed by atoms with Gasteiger partial charge in [0, 0.05) is 30.9 Å². The summed E-state index contributed by atoms with van der Waals surface area (Å²) in [5.74, 6) is 2.50. The van der Waals surface area contributed by atoms with Crippen molar-refractivity contribution in [1.29, 1.82) is 0 Å². The molecule has 0 aliphatic carbocycles. The van der Waals surface area contributed by atoms with Crippen molar-refractivity contribution in [3.8, 4) is 0 Å². The highest BCUT2D eigenvalue weighted by molar-refractivity contribution is 7.97. The van der Waals surface area contributed by atoms with E-state index in [2.05, 4.69) is 52.9 Å². The molecule has 0 spiro atoms. The summed E-state index contributed by atoms with van der Waals surface area (Å²) in [5.41, 5.74) is 1.62. The number of amides is 1. The van der Waals surface area contributed by atoms with Crippen molar-refractivity contribution in [3.63, 3.8) is 0 Å². The van der Waals surface area contributed by atoms with Crippen LogP contribution in [0.15, 0.2) is 53.1 Å². The van der Waals surface area contributed by atoms with Gasteiger partial charge in [0.15, 0.2) is 5.69 Å². The van der Waals surface area contributed by atoms with Crippen LogP contribution in [0.3, 0.4) is 0 Å². The van der Waals surface area contributed by atoms with E-state index in [9.17, 15) is 4.79 Å². The molecule has 1 aliphatic rings. The fourth-order valence-corrected chi connectivity index (χ4v) is 4.01. The molecular weight excluding hydrogens is 360 g/mol. The molecule has 140 valence electrons. The molecule has 0 bridgehead atoms. The predicted octanol–water partition coefficient (Wildman–Crippen LogP) is 4.03. The summed E-state index contributed by atoms with van der Waals surface area (Å²) in [6.07, 6.45) is 0.996. The Kier molecular flexibility index (Phi) is 5.75. The van der Waals surface area contributed by atoms with Crippen molar-refractivity contribution < 1.29 is 14.1 Å². The van der Waals surface area contributed by atoms with Crippen LogP contribution >= 0.6 is 11.8 Å². The Morgan fingerprint density at radius 2 is 2.04 bits per heavy atom. The van der Waals surface area contributed by atoms with Gasteiger partial charge in [-0.1, -0.05) is 47.6 Å². The van der Waals surface area contributed by atoms with Gasteiger partial charge in [0.1, 0.15) is 5.76 Å². The van der Waals surface area contributed by atoms with Crippen molar-refractivity contribution in [2.75, 3.05) is 19.8 Å². The van der Waals surface area contributed by atoms with E-state index in [1.807, 2.05) is 0 Å². The fraction of sp³-hybridized carbons (Fsp3) is 0.333. The molecule has 1 aromatic heterocycles. The lowest BCUT2D eigenvalue weighted by atomic mass is 10.1. The van der Waals surface area contributed by atoms with Crippen LogP contribution in [0.4, 0.5) is 0 Å². The number of nitrogens with zero attached hydrogens (tertiary/aromatic N) is 1. The van der Waals surface area contributed by atoms with Crippen LogP contribution in [0, 0.1) is 5.92 Å². The molecule has 1 saturated heterocycles. The molecule has 2 aromatic carbocycles. The molecule has 1 unspecified atom stereocenters. The van der Waals surface area contributed by atoms with Gasteiger partial charge < -0.3 is 14.6 Å². The minimum absolute atomic E-state index is 0.184. The molecule has 6 heteroatoms. The summed E-state index contributed by atoms with van der Waals surface area (Å²) >= 11 is 1.74. The second-order valence-electron chi connectivity index (χ2n) is 6.79. The fourth-order valence-electron chi connectivity index (χ4n) is 3.16. The third-order valence-corrected chi connectivity index (χ3v) is 5.72. The van der Waals surface area contributed by atoms with Crippen LogP contribution in [0.25, 0.3) is 10.8 Å². The normalized spacial score (nSPS) is 16.7. The number of rotatable bonds is 7. The van der Waals surface area contributed by atoms with Gasteiger partial charge in [-0.2, -0.15) is 0 Å². The smallest absolute Gasteiger partial charge is 0.273 e. The SMILES string of the molecule is O=C(NCC1CCOC1)c1cc(CSCc2ccc3ccccc3c2)on1. The number of hydrogen-bond donors (Lipinski definition) is 1. The Labute approximate surface area is 162 Å². The molecule has 1 fully saturated rings. The topological polar surface area (TPSA) is 64.4 Å². The molecule has 1 aliphatic heterocycles. The molecule has 0 radical (unpaired) electrons. The molecular formula is C21H22N2O3S. The number of hydrogen-bond acceptors (Lipinski definition) is 5. The highest BCUT2D eigenvalue weighted by Gasteiger charge is 2.18. The first kappa shape index (κ1) is 18.1. The molecule has 1 atom stereocenters. The molecule has 1 N–H and O–H groups in total. The van der Waals surface area contributed by atoms with Crippen molar-refractivity contribution in [2.24, 2.45) is 5.92 Å². The Morgan fingerprint density at radius 1 is 1.15 bits per heavy atom. The summed E-state index contributed by atoms with van der Waals surface area (Å²) in [6.45, 7) is 2.12. The molecule has 5 nitrogen and oxygen atoms in total. The number of aromatic nitrogens is 1. The lowest BCUT2D eigenvalue weighted by Gasteiger charge is -2.07. The molecule has 4 rings (SSSR count). The second-order valence-corrected chi connectivity index (χ2v) is 7.78.